The molecule has 0 radical (unpaired) electrons. The first-order valence-electron chi connectivity index (χ1n) is 9.92. The van der Waals surface area contributed by atoms with Crippen molar-refractivity contribution < 1.29 is 14.3 Å². The largest absolute Gasteiger partial charge is 0.454 e. The first-order valence-corrected chi connectivity index (χ1v) is 9.92. The summed E-state index contributed by atoms with van der Waals surface area (Å²) in [6, 6.07) is 17.4. The van der Waals surface area contributed by atoms with Crippen LogP contribution in [0.5, 0.6) is 11.5 Å². The van der Waals surface area contributed by atoms with E-state index < -0.39 is 17.2 Å². The molecular formula is C23H18N4O5. The highest BCUT2D eigenvalue weighted by Gasteiger charge is 2.18. The standard InChI is InChI=1S/C23H18N4O5/c28-20(25-16-8-9-18-19(11-16)32-14-31-18)13-26-17-7-4-10-24-21(17)22(29)27(23(26)30)12-15-5-2-1-3-6-15/h1-11H,12-14H2,(H,25,28). The summed E-state index contributed by atoms with van der Waals surface area (Å²) >= 11 is 0. The second kappa shape index (κ2) is 8.03. The number of fused-ring (bicyclic) bond motifs is 2. The fourth-order valence-corrected chi connectivity index (χ4v) is 3.62. The number of carbonyl (C=O) groups excluding carboxylic acids is 1. The van der Waals surface area contributed by atoms with E-state index >= 15 is 0 Å². The van der Waals surface area contributed by atoms with Gasteiger partial charge in [0.1, 0.15) is 6.54 Å². The molecule has 0 aliphatic carbocycles. The van der Waals surface area contributed by atoms with Crippen LogP contribution in [0.15, 0.2) is 76.4 Å². The minimum absolute atomic E-state index is 0.0782. The molecule has 0 saturated carbocycles. The van der Waals surface area contributed by atoms with Gasteiger partial charge in [-0.1, -0.05) is 30.3 Å². The third kappa shape index (κ3) is 3.60. The van der Waals surface area contributed by atoms with Crippen LogP contribution < -0.4 is 26.0 Å². The number of pyridine rings is 1. The lowest BCUT2D eigenvalue weighted by molar-refractivity contribution is -0.116. The fraction of sp³-hybridized carbons (Fsp3) is 0.130. The van der Waals surface area contributed by atoms with Crippen LogP contribution in [0, 0.1) is 0 Å². The number of aromatic nitrogens is 3. The smallest absolute Gasteiger partial charge is 0.332 e. The summed E-state index contributed by atoms with van der Waals surface area (Å²) in [5, 5.41) is 2.75. The van der Waals surface area contributed by atoms with E-state index in [2.05, 4.69) is 10.3 Å². The minimum Gasteiger partial charge on any atom is -0.454 e. The van der Waals surface area contributed by atoms with Gasteiger partial charge in [-0.2, -0.15) is 0 Å². The highest BCUT2D eigenvalue weighted by Crippen LogP contribution is 2.34. The molecule has 0 unspecified atom stereocenters. The summed E-state index contributed by atoms with van der Waals surface area (Å²) < 4.78 is 13.0. The SMILES string of the molecule is O=C(Cn1c(=O)n(Cc2ccccc2)c(=O)c2ncccc21)Nc1ccc2c(c1)OCO2. The maximum absolute atomic E-state index is 13.2. The quantitative estimate of drug-likeness (QED) is 0.519. The molecule has 0 fully saturated rings. The molecule has 5 rings (SSSR count). The summed E-state index contributed by atoms with van der Waals surface area (Å²) in [6.45, 7) is -0.0799. The molecular weight excluding hydrogens is 412 g/mol. The summed E-state index contributed by atoms with van der Waals surface area (Å²) in [7, 11) is 0. The maximum atomic E-state index is 13.2. The lowest BCUT2D eigenvalue weighted by Crippen LogP contribution is -2.42. The summed E-state index contributed by atoms with van der Waals surface area (Å²) in [6.07, 6.45) is 1.48. The van der Waals surface area contributed by atoms with Gasteiger partial charge in [-0.3, -0.25) is 18.7 Å². The fourth-order valence-electron chi connectivity index (χ4n) is 3.62. The number of rotatable bonds is 5. The molecule has 1 amide bonds. The van der Waals surface area contributed by atoms with Crippen molar-refractivity contribution in [2.24, 2.45) is 0 Å². The number of nitrogens with zero attached hydrogens (tertiary/aromatic N) is 3. The lowest BCUT2D eigenvalue weighted by Gasteiger charge is -2.14. The molecule has 1 aliphatic heterocycles. The summed E-state index contributed by atoms with van der Waals surface area (Å²) in [4.78, 5) is 43.1. The third-order valence-electron chi connectivity index (χ3n) is 5.13. The number of anilines is 1. The van der Waals surface area contributed by atoms with Crippen LogP contribution in [0.1, 0.15) is 5.56 Å². The molecule has 9 nitrogen and oxygen atoms in total. The second-order valence-electron chi connectivity index (χ2n) is 7.23. The van der Waals surface area contributed by atoms with E-state index in [-0.39, 0.29) is 25.4 Å². The Morgan fingerprint density at radius 2 is 1.78 bits per heavy atom. The number of hydrogen-bond acceptors (Lipinski definition) is 6. The average Bonchev–Trinajstić information content (AvgIpc) is 3.28. The number of benzene rings is 2. The number of nitrogens with one attached hydrogen (secondary N) is 1. The number of ether oxygens (including phenoxy) is 2. The molecule has 1 aliphatic rings. The molecule has 32 heavy (non-hydrogen) atoms. The van der Waals surface area contributed by atoms with Crippen molar-refractivity contribution in [3.8, 4) is 11.5 Å². The van der Waals surface area contributed by atoms with E-state index in [1.807, 2.05) is 30.3 Å². The van der Waals surface area contributed by atoms with Crippen molar-refractivity contribution in [1.82, 2.24) is 14.1 Å². The maximum Gasteiger partial charge on any atom is 0.332 e. The van der Waals surface area contributed by atoms with Crippen molar-refractivity contribution in [2.75, 3.05) is 12.1 Å². The van der Waals surface area contributed by atoms with E-state index in [4.69, 9.17) is 9.47 Å². The van der Waals surface area contributed by atoms with E-state index in [9.17, 15) is 14.4 Å². The van der Waals surface area contributed by atoms with Crippen LogP contribution in [0.25, 0.3) is 11.0 Å². The van der Waals surface area contributed by atoms with Crippen LogP contribution in [-0.2, 0) is 17.9 Å². The van der Waals surface area contributed by atoms with Gasteiger partial charge in [-0.15, -0.1) is 0 Å². The van der Waals surface area contributed by atoms with Crippen LogP contribution in [0.2, 0.25) is 0 Å². The van der Waals surface area contributed by atoms with Gasteiger partial charge in [0.25, 0.3) is 5.56 Å². The lowest BCUT2D eigenvalue weighted by atomic mass is 10.2. The van der Waals surface area contributed by atoms with Gasteiger partial charge in [0.2, 0.25) is 12.7 Å². The monoisotopic (exact) mass is 430 g/mol. The zero-order valence-corrected chi connectivity index (χ0v) is 16.9. The Bertz CT molecular complexity index is 1440. The Kier molecular flexibility index (Phi) is 4.91. The molecule has 9 heteroatoms. The first kappa shape index (κ1) is 19.6. The van der Waals surface area contributed by atoms with Gasteiger partial charge in [0, 0.05) is 18.0 Å². The molecule has 0 atom stereocenters. The molecule has 2 aromatic carbocycles. The molecule has 0 bridgehead atoms. The van der Waals surface area contributed by atoms with Crippen molar-refractivity contribution in [3.05, 3.63) is 93.3 Å². The predicted octanol–water partition coefficient (Wildman–Crippen LogP) is 1.97. The van der Waals surface area contributed by atoms with Gasteiger partial charge in [-0.05, 0) is 29.8 Å². The van der Waals surface area contributed by atoms with Gasteiger partial charge < -0.3 is 14.8 Å². The molecule has 0 saturated heterocycles. The van der Waals surface area contributed by atoms with Crippen LogP contribution in [0.3, 0.4) is 0 Å². The summed E-state index contributed by atoms with van der Waals surface area (Å²) in [5.41, 5.74) is 0.638. The molecule has 3 heterocycles. The Morgan fingerprint density at radius 3 is 2.62 bits per heavy atom. The highest BCUT2D eigenvalue weighted by molar-refractivity contribution is 5.91. The van der Waals surface area contributed by atoms with Crippen molar-refractivity contribution >= 4 is 22.6 Å². The molecule has 1 N–H and O–H groups in total. The van der Waals surface area contributed by atoms with Crippen LogP contribution >= 0.6 is 0 Å². The van der Waals surface area contributed by atoms with E-state index in [0.29, 0.717) is 22.7 Å². The Balaban J connectivity index is 1.50. The predicted molar refractivity (Wildman–Crippen MR) is 117 cm³/mol. The third-order valence-corrected chi connectivity index (χ3v) is 5.13. The van der Waals surface area contributed by atoms with E-state index in [1.165, 1.54) is 10.8 Å². The molecule has 160 valence electrons. The minimum atomic E-state index is -0.583. The highest BCUT2D eigenvalue weighted by atomic mass is 16.7. The van der Waals surface area contributed by atoms with Gasteiger partial charge in [-0.25, -0.2) is 9.78 Å². The number of carbonyl (C=O) groups is 1. The topological polar surface area (TPSA) is 104 Å². The van der Waals surface area contributed by atoms with Crippen molar-refractivity contribution in [3.63, 3.8) is 0 Å². The second-order valence-corrected chi connectivity index (χ2v) is 7.23. The van der Waals surface area contributed by atoms with Crippen LogP contribution in [-0.4, -0.2) is 26.8 Å². The van der Waals surface area contributed by atoms with Crippen molar-refractivity contribution in [2.45, 2.75) is 13.1 Å². The van der Waals surface area contributed by atoms with Crippen molar-refractivity contribution in [1.29, 1.82) is 0 Å². The first-order chi connectivity index (χ1) is 15.6. The molecule has 2 aromatic heterocycles. The van der Waals surface area contributed by atoms with E-state index in [1.54, 1.807) is 30.3 Å². The summed E-state index contributed by atoms with van der Waals surface area (Å²) in [5.74, 6) is 0.705. The average molecular weight is 430 g/mol. The Morgan fingerprint density at radius 1 is 0.969 bits per heavy atom. The normalized spacial score (nSPS) is 12.1. The zero-order valence-electron chi connectivity index (χ0n) is 16.9. The van der Waals surface area contributed by atoms with Gasteiger partial charge in [0.05, 0.1) is 12.1 Å². The zero-order chi connectivity index (χ0) is 22.1. The van der Waals surface area contributed by atoms with Gasteiger partial charge >= 0.3 is 5.69 Å². The number of amides is 1. The Labute approximate surface area is 181 Å². The van der Waals surface area contributed by atoms with Crippen LogP contribution in [0.4, 0.5) is 5.69 Å². The molecule has 4 aromatic rings. The van der Waals surface area contributed by atoms with E-state index in [0.717, 1.165) is 10.1 Å². The van der Waals surface area contributed by atoms with Gasteiger partial charge in [0.15, 0.2) is 17.0 Å². The number of hydrogen-bond donors (Lipinski definition) is 1. The Hall–Kier alpha value is -4.40. The molecule has 0 spiro atoms.